The minimum absolute atomic E-state index is 0.805. The molecule has 0 radical (unpaired) electrons. The van der Waals surface area contributed by atoms with Crippen LogP contribution in [0.25, 0.3) is 0 Å². The van der Waals surface area contributed by atoms with E-state index < -0.39 is 7.44 Å². The van der Waals surface area contributed by atoms with Gasteiger partial charge in [0.15, 0.2) is 0 Å². The quantitative estimate of drug-likeness (QED) is 0.378. The fourth-order valence-corrected chi connectivity index (χ4v) is 6.80. The van der Waals surface area contributed by atoms with Crippen LogP contribution in [0.3, 0.4) is 0 Å². The first-order valence-corrected chi connectivity index (χ1v) is 10.9. The first-order valence-electron chi connectivity index (χ1n) is 9.26. The van der Waals surface area contributed by atoms with Crippen LogP contribution in [0.2, 0.25) is 0 Å². The second-order valence-corrected chi connectivity index (χ2v) is 9.07. The molecule has 3 nitrogen and oxygen atoms in total. The summed E-state index contributed by atoms with van der Waals surface area (Å²) in [6, 6.07) is 37.8. The van der Waals surface area contributed by atoms with E-state index in [2.05, 4.69) is 0 Å². The van der Waals surface area contributed by atoms with Crippen molar-refractivity contribution in [2.24, 2.45) is 0 Å². The Balaban J connectivity index is 1.85. The Morgan fingerprint density at radius 2 is 0.821 bits per heavy atom. The molecule has 4 heteroatoms. The van der Waals surface area contributed by atoms with Crippen LogP contribution in [0.15, 0.2) is 115 Å². The van der Waals surface area contributed by atoms with Crippen molar-refractivity contribution in [2.45, 2.75) is 0 Å². The fourth-order valence-electron chi connectivity index (χ4n) is 3.79. The van der Waals surface area contributed by atoms with Gasteiger partial charge in [0.2, 0.25) is 0 Å². The van der Waals surface area contributed by atoms with Crippen LogP contribution in [-0.4, -0.2) is 0 Å². The van der Waals surface area contributed by atoms with Gasteiger partial charge in [-0.25, -0.2) is 0 Å². The molecule has 0 aliphatic carbocycles. The van der Waals surface area contributed by atoms with Crippen molar-refractivity contribution < 1.29 is 4.57 Å². The Bertz CT molecular complexity index is 1080. The van der Waals surface area contributed by atoms with E-state index in [-0.39, 0.29) is 0 Å². The molecule has 0 N–H and O–H groups in total. The predicted octanol–water partition coefficient (Wildman–Crippen LogP) is 6.50. The van der Waals surface area contributed by atoms with Crippen LogP contribution in [-0.2, 0) is 4.57 Å². The zero-order chi connectivity index (χ0) is 19.0. The Morgan fingerprint density at radius 1 is 0.464 bits per heavy atom. The van der Waals surface area contributed by atoms with Crippen molar-refractivity contribution >= 4 is 35.5 Å². The number of benzene rings is 4. The van der Waals surface area contributed by atoms with Gasteiger partial charge in [0.25, 0.3) is 0 Å². The summed E-state index contributed by atoms with van der Waals surface area (Å²) in [5.41, 5.74) is 3.73. The van der Waals surface area contributed by atoms with E-state index in [9.17, 15) is 4.57 Å². The van der Waals surface area contributed by atoms with Gasteiger partial charge in [-0.2, -0.15) is 0 Å². The van der Waals surface area contributed by atoms with E-state index in [1.165, 1.54) is 0 Å². The van der Waals surface area contributed by atoms with Crippen molar-refractivity contribution in [3.63, 3.8) is 0 Å². The molecule has 0 unspecified atom stereocenters. The second-order valence-electron chi connectivity index (χ2n) is 6.66. The van der Waals surface area contributed by atoms with Crippen LogP contribution in [0.1, 0.15) is 0 Å². The molecule has 0 amide bonds. The molecule has 0 saturated heterocycles. The van der Waals surface area contributed by atoms with Crippen molar-refractivity contribution in [3.05, 3.63) is 115 Å². The highest BCUT2D eigenvalue weighted by atomic mass is 31.2. The number of para-hydroxylation sites is 4. The lowest BCUT2D eigenvalue weighted by Crippen LogP contribution is -2.26. The number of hydrogen-bond acceptors (Lipinski definition) is 1. The average Bonchev–Trinajstić information content (AvgIpc) is 3.05. The van der Waals surface area contributed by atoms with Crippen LogP contribution in [0.4, 0.5) is 22.7 Å². The van der Waals surface area contributed by atoms with Gasteiger partial charge in [0, 0.05) is 11.4 Å². The maximum absolute atomic E-state index is 15.0. The Labute approximate surface area is 165 Å². The molecule has 4 aromatic carbocycles. The molecule has 0 fully saturated rings. The third kappa shape index (κ3) is 2.48. The minimum atomic E-state index is -3.20. The van der Waals surface area contributed by atoms with Gasteiger partial charge in [0.05, 0.1) is 16.7 Å². The summed E-state index contributed by atoms with van der Waals surface area (Å²) in [6.45, 7) is 0. The summed E-state index contributed by atoms with van der Waals surface area (Å²) in [4.78, 5) is 0. The Morgan fingerprint density at radius 3 is 1.25 bits per heavy atom. The summed E-state index contributed by atoms with van der Waals surface area (Å²) in [5.74, 6) is 0. The van der Waals surface area contributed by atoms with E-state index >= 15 is 0 Å². The number of nitrogens with zero attached hydrogens (tertiary/aromatic N) is 2. The zero-order valence-corrected chi connectivity index (χ0v) is 16.1. The maximum Gasteiger partial charge on any atom is 0.301 e. The lowest BCUT2D eigenvalue weighted by molar-refractivity contribution is 0.582. The highest BCUT2D eigenvalue weighted by molar-refractivity contribution is 7.76. The van der Waals surface area contributed by atoms with E-state index in [1.807, 2.05) is 125 Å². The topological polar surface area (TPSA) is 23.6 Å². The number of hydrogen-bond donors (Lipinski definition) is 0. The third-order valence-electron chi connectivity index (χ3n) is 4.97. The summed E-state index contributed by atoms with van der Waals surface area (Å²) >= 11 is 0. The van der Waals surface area contributed by atoms with Crippen molar-refractivity contribution in [3.8, 4) is 0 Å². The minimum Gasteiger partial charge on any atom is -0.270 e. The number of fused-ring (bicyclic) bond motifs is 1. The third-order valence-corrected chi connectivity index (χ3v) is 7.92. The van der Waals surface area contributed by atoms with Crippen LogP contribution in [0.5, 0.6) is 0 Å². The first kappa shape index (κ1) is 16.9. The molecule has 1 aliphatic heterocycles. The molecule has 1 heterocycles. The monoisotopic (exact) mass is 382 g/mol. The van der Waals surface area contributed by atoms with Gasteiger partial charge in [-0.3, -0.25) is 13.9 Å². The van der Waals surface area contributed by atoms with Gasteiger partial charge in [0.1, 0.15) is 0 Å². The van der Waals surface area contributed by atoms with Gasteiger partial charge in [-0.1, -0.05) is 66.7 Å². The van der Waals surface area contributed by atoms with Gasteiger partial charge in [-0.05, 0) is 48.5 Å². The number of anilines is 4. The molecule has 0 saturated carbocycles. The van der Waals surface area contributed by atoms with Crippen LogP contribution in [0, 0.1) is 0 Å². The van der Waals surface area contributed by atoms with Gasteiger partial charge < -0.3 is 0 Å². The Hall–Kier alpha value is -3.29. The maximum atomic E-state index is 15.0. The molecule has 0 bridgehead atoms. The van der Waals surface area contributed by atoms with E-state index in [1.54, 1.807) is 0 Å². The van der Waals surface area contributed by atoms with E-state index in [0.29, 0.717) is 0 Å². The zero-order valence-electron chi connectivity index (χ0n) is 15.2. The molecular weight excluding hydrogens is 363 g/mol. The highest BCUT2D eigenvalue weighted by Crippen LogP contribution is 2.69. The summed E-state index contributed by atoms with van der Waals surface area (Å²) in [7, 11) is -3.20. The molecule has 136 valence electrons. The lowest BCUT2D eigenvalue weighted by Gasteiger charge is -2.33. The summed E-state index contributed by atoms with van der Waals surface area (Å²) < 4.78 is 19.0. The van der Waals surface area contributed by atoms with Crippen LogP contribution < -0.4 is 14.6 Å². The molecule has 0 atom stereocenters. The van der Waals surface area contributed by atoms with E-state index in [0.717, 1.165) is 28.1 Å². The fraction of sp³-hybridized carbons (Fsp3) is 0. The summed E-state index contributed by atoms with van der Waals surface area (Å²) in [6.07, 6.45) is 0. The molecular formula is C24H19N2OP. The first-order chi connectivity index (χ1) is 13.8. The molecule has 0 aromatic heterocycles. The predicted molar refractivity (Wildman–Crippen MR) is 117 cm³/mol. The van der Waals surface area contributed by atoms with Crippen molar-refractivity contribution in [1.29, 1.82) is 0 Å². The highest BCUT2D eigenvalue weighted by Gasteiger charge is 2.48. The smallest absolute Gasteiger partial charge is 0.270 e. The van der Waals surface area contributed by atoms with Gasteiger partial charge >= 0.3 is 7.44 Å². The SMILES string of the molecule is O=P1(c2ccccc2)N(c2ccccc2)c2ccccc2N1c1ccccc1. The van der Waals surface area contributed by atoms with E-state index in [4.69, 9.17) is 0 Å². The molecule has 28 heavy (non-hydrogen) atoms. The Kier molecular flexibility index (Phi) is 4.03. The normalized spacial score (nSPS) is 14.7. The van der Waals surface area contributed by atoms with Gasteiger partial charge in [-0.15, -0.1) is 0 Å². The average molecular weight is 382 g/mol. The molecule has 4 aromatic rings. The molecule has 0 spiro atoms. The summed E-state index contributed by atoms with van der Waals surface area (Å²) in [5, 5.41) is 0.805. The molecule has 5 rings (SSSR count). The lowest BCUT2D eigenvalue weighted by atomic mass is 10.2. The van der Waals surface area contributed by atoms with Crippen molar-refractivity contribution in [2.75, 3.05) is 9.34 Å². The van der Waals surface area contributed by atoms with Crippen LogP contribution >= 0.6 is 7.44 Å². The number of rotatable bonds is 3. The second kappa shape index (κ2) is 6.70. The standard InChI is InChI=1S/C24H19N2OP/c27-28(22-16-8-3-9-17-22)25(20-12-4-1-5-13-20)23-18-10-11-19-24(23)26(28)21-14-6-2-7-15-21/h1-19H. The molecule has 1 aliphatic rings. The largest absolute Gasteiger partial charge is 0.301 e. The van der Waals surface area contributed by atoms with Crippen molar-refractivity contribution in [1.82, 2.24) is 0 Å².